The molecule has 1 fully saturated rings. The molecule has 1 aromatic rings. The van der Waals surface area contributed by atoms with Gasteiger partial charge in [0.15, 0.2) is 0 Å². The van der Waals surface area contributed by atoms with Gasteiger partial charge in [-0.15, -0.1) is 0 Å². The summed E-state index contributed by atoms with van der Waals surface area (Å²) in [6, 6.07) is 5.65. The Bertz CT molecular complexity index is 386. The van der Waals surface area contributed by atoms with Crippen molar-refractivity contribution in [2.24, 2.45) is 5.92 Å². The van der Waals surface area contributed by atoms with Gasteiger partial charge in [-0.3, -0.25) is 4.79 Å². The van der Waals surface area contributed by atoms with Crippen molar-refractivity contribution in [3.8, 4) is 0 Å². The van der Waals surface area contributed by atoms with Gasteiger partial charge in [0, 0.05) is 12.1 Å². The molecule has 4 nitrogen and oxygen atoms in total. The van der Waals surface area contributed by atoms with Crippen LogP contribution in [0, 0.1) is 12.8 Å². The Morgan fingerprint density at radius 2 is 2.24 bits per heavy atom. The van der Waals surface area contributed by atoms with E-state index in [1.807, 2.05) is 25.1 Å². The number of hydrogen-bond acceptors (Lipinski definition) is 3. The van der Waals surface area contributed by atoms with E-state index in [0.717, 1.165) is 31.6 Å². The highest BCUT2D eigenvalue weighted by molar-refractivity contribution is 5.89. The number of carbonyl (C=O) groups excluding carboxylic acids is 1. The fraction of sp³-hybridized carbons (Fsp3) is 0.538. The molecule has 0 saturated carbocycles. The van der Waals surface area contributed by atoms with Crippen LogP contribution in [0.2, 0.25) is 0 Å². The predicted octanol–water partition coefficient (Wildman–Crippen LogP) is 1.72. The highest BCUT2D eigenvalue weighted by Crippen LogP contribution is 2.16. The first-order valence-corrected chi connectivity index (χ1v) is 6.18. The molecule has 1 aliphatic heterocycles. The Morgan fingerprint density at radius 1 is 1.47 bits per heavy atom. The minimum Gasteiger partial charge on any atom is -0.317 e. The van der Waals surface area contributed by atoms with E-state index in [2.05, 4.69) is 15.6 Å². The van der Waals surface area contributed by atoms with Gasteiger partial charge in [0.1, 0.15) is 5.82 Å². The smallest absolute Gasteiger partial charge is 0.225 e. The molecule has 0 aliphatic carbocycles. The van der Waals surface area contributed by atoms with Crippen LogP contribution in [0.5, 0.6) is 0 Å². The van der Waals surface area contributed by atoms with E-state index in [1.165, 1.54) is 0 Å². The molecule has 0 radical (unpaired) electrons. The first-order chi connectivity index (χ1) is 8.24. The van der Waals surface area contributed by atoms with Crippen molar-refractivity contribution in [1.82, 2.24) is 10.3 Å². The Balaban J connectivity index is 1.84. The SMILES string of the molecule is Cc1cccc(NC(=O)CC2CCNCC2)n1. The van der Waals surface area contributed by atoms with E-state index in [4.69, 9.17) is 0 Å². The molecule has 2 rings (SSSR count). The molecule has 0 atom stereocenters. The van der Waals surface area contributed by atoms with E-state index >= 15 is 0 Å². The number of rotatable bonds is 3. The predicted molar refractivity (Wildman–Crippen MR) is 67.8 cm³/mol. The normalized spacial score (nSPS) is 16.8. The summed E-state index contributed by atoms with van der Waals surface area (Å²) in [5, 5.41) is 6.16. The van der Waals surface area contributed by atoms with Crippen molar-refractivity contribution < 1.29 is 4.79 Å². The first kappa shape index (κ1) is 12.0. The summed E-state index contributed by atoms with van der Waals surface area (Å²) in [4.78, 5) is 16.1. The molecule has 1 saturated heterocycles. The Morgan fingerprint density at radius 3 is 2.94 bits per heavy atom. The fourth-order valence-corrected chi connectivity index (χ4v) is 2.15. The number of carbonyl (C=O) groups is 1. The second-order valence-corrected chi connectivity index (χ2v) is 4.61. The van der Waals surface area contributed by atoms with Gasteiger partial charge in [-0.25, -0.2) is 4.98 Å². The van der Waals surface area contributed by atoms with Crippen LogP contribution in [0.3, 0.4) is 0 Å². The number of pyridine rings is 1. The molecule has 1 aliphatic rings. The number of nitrogens with one attached hydrogen (secondary N) is 2. The number of aromatic nitrogens is 1. The van der Waals surface area contributed by atoms with E-state index in [9.17, 15) is 4.79 Å². The Kier molecular flexibility index (Phi) is 4.09. The van der Waals surface area contributed by atoms with Gasteiger partial charge < -0.3 is 10.6 Å². The van der Waals surface area contributed by atoms with E-state index in [-0.39, 0.29) is 5.91 Å². The summed E-state index contributed by atoms with van der Waals surface area (Å²) >= 11 is 0. The number of anilines is 1. The third-order valence-electron chi connectivity index (χ3n) is 3.09. The molecule has 1 aromatic heterocycles. The van der Waals surface area contributed by atoms with Crippen LogP contribution in [-0.2, 0) is 4.79 Å². The second kappa shape index (κ2) is 5.77. The molecule has 1 amide bonds. The zero-order valence-electron chi connectivity index (χ0n) is 10.2. The minimum absolute atomic E-state index is 0.0787. The van der Waals surface area contributed by atoms with Gasteiger partial charge in [-0.2, -0.15) is 0 Å². The summed E-state index contributed by atoms with van der Waals surface area (Å²) in [5.41, 5.74) is 0.921. The molecule has 2 N–H and O–H groups in total. The van der Waals surface area contributed by atoms with Gasteiger partial charge in [-0.1, -0.05) is 6.07 Å². The lowest BCUT2D eigenvalue weighted by Crippen LogP contribution is -2.30. The molecule has 0 spiro atoms. The Hall–Kier alpha value is -1.42. The van der Waals surface area contributed by atoms with Crippen molar-refractivity contribution in [2.45, 2.75) is 26.2 Å². The average Bonchev–Trinajstić information content (AvgIpc) is 2.30. The van der Waals surface area contributed by atoms with E-state index in [1.54, 1.807) is 0 Å². The lowest BCUT2D eigenvalue weighted by Gasteiger charge is -2.21. The first-order valence-electron chi connectivity index (χ1n) is 6.18. The molecule has 0 aromatic carbocycles. The highest BCUT2D eigenvalue weighted by Gasteiger charge is 2.16. The largest absolute Gasteiger partial charge is 0.317 e. The summed E-state index contributed by atoms with van der Waals surface area (Å²) in [6.45, 7) is 3.98. The third-order valence-corrected chi connectivity index (χ3v) is 3.09. The lowest BCUT2D eigenvalue weighted by molar-refractivity contribution is -0.117. The van der Waals surface area contributed by atoms with Crippen molar-refractivity contribution >= 4 is 11.7 Å². The molecular weight excluding hydrogens is 214 g/mol. The second-order valence-electron chi connectivity index (χ2n) is 4.61. The van der Waals surface area contributed by atoms with Gasteiger partial charge >= 0.3 is 0 Å². The maximum atomic E-state index is 11.8. The van der Waals surface area contributed by atoms with Crippen LogP contribution in [0.25, 0.3) is 0 Å². The number of nitrogens with zero attached hydrogens (tertiary/aromatic N) is 1. The summed E-state index contributed by atoms with van der Waals surface area (Å²) in [7, 11) is 0. The van der Waals surface area contributed by atoms with Crippen molar-refractivity contribution in [3.05, 3.63) is 23.9 Å². The number of hydrogen-bond donors (Lipinski definition) is 2. The minimum atomic E-state index is 0.0787. The average molecular weight is 233 g/mol. The van der Waals surface area contributed by atoms with Crippen molar-refractivity contribution in [2.75, 3.05) is 18.4 Å². The van der Waals surface area contributed by atoms with Gasteiger partial charge in [0.25, 0.3) is 0 Å². The molecule has 17 heavy (non-hydrogen) atoms. The zero-order chi connectivity index (χ0) is 12.1. The molecular formula is C13H19N3O. The van der Waals surface area contributed by atoms with Gasteiger partial charge in [0.05, 0.1) is 0 Å². The highest BCUT2D eigenvalue weighted by atomic mass is 16.1. The standard InChI is InChI=1S/C13H19N3O/c1-10-3-2-4-12(15-10)16-13(17)9-11-5-7-14-8-6-11/h2-4,11,14H,5-9H2,1H3,(H,15,16,17). The number of piperidine rings is 1. The quantitative estimate of drug-likeness (QED) is 0.835. The topological polar surface area (TPSA) is 54.0 Å². The van der Waals surface area contributed by atoms with E-state index in [0.29, 0.717) is 18.2 Å². The van der Waals surface area contributed by atoms with Crippen LogP contribution in [0.4, 0.5) is 5.82 Å². The maximum Gasteiger partial charge on any atom is 0.225 e. The van der Waals surface area contributed by atoms with E-state index < -0.39 is 0 Å². The third kappa shape index (κ3) is 3.82. The van der Waals surface area contributed by atoms with Crippen LogP contribution in [0.1, 0.15) is 25.0 Å². The van der Waals surface area contributed by atoms with Gasteiger partial charge in [0.2, 0.25) is 5.91 Å². The molecule has 2 heterocycles. The molecule has 92 valence electrons. The summed E-state index contributed by atoms with van der Waals surface area (Å²) in [5.74, 6) is 1.25. The molecule has 0 bridgehead atoms. The summed E-state index contributed by atoms with van der Waals surface area (Å²) in [6.07, 6.45) is 2.79. The Labute approximate surface area is 102 Å². The zero-order valence-corrected chi connectivity index (χ0v) is 10.2. The van der Waals surface area contributed by atoms with Crippen LogP contribution in [-0.4, -0.2) is 24.0 Å². The van der Waals surface area contributed by atoms with Crippen LogP contribution in [0.15, 0.2) is 18.2 Å². The maximum absolute atomic E-state index is 11.8. The van der Waals surface area contributed by atoms with Crippen molar-refractivity contribution in [3.63, 3.8) is 0 Å². The number of amides is 1. The summed E-state index contributed by atoms with van der Waals surface area (Å²) < 4.78 is 0. The van der Waals surface area contributed by atoms with Crippen molar-refractivity contribution in [1.29, 1.82) is 0 Å². The lowest BCUT2D eigenvalue weighted by atomic mass is 9.94. The van der Waals surface area contributed by atoms with Crippen LogP contribution < -0.4 is 10.6 Å². The molecule has 4 heteroatoms. The molecule has 0 unspecified atom stereocenters. The fourth-order valence-electron chi connectivity index (χ4n) is 2.15. The van der Waals surface area contributed by atoms with Crippen LogP contribution >= 0.6 is 0 Å². The number of aryl methyl sites for hydroxylation is 1. The monoisotopic (exact) mass is 233 g/mol. The van der Waals surface area contributed by atoms with Gasteiger partial charge in [-0.05, 0) is 50.9 Å².